The molecule has 0 bridgehead atoms. The van der Waals surface area contributed by atoms with Crippen LogP contribution in [0.2, 0.25) is 0 Å². The summed E-state index contributed by atoms with van der Waals surface area (Å²) < 4.78 is 69.1. The Hall–Kier alpha value is -0.420. The molecule has 1 aliphatic heterocycles. The van der Waals surface area contributed by atoms with Gasteiger partial charge in [0.05, 0.1) is 0 Å². The molecule has 0 saturated carbocycles. The van der Waals surface area contributed by atoms with E-state index in [1.807, 2.05) is 0 Å². The molecule has 1 N–H and O–H groups in total. The van der Waals surface area contributed by atoms with Gasteiger partial charge in [0.2, 0.25) is 0 Å². The Morgan fingerprint density at radius 2 is 1.90 bits per heavy atom. The summed E-state index contributed by atoms with van der Waals surface area (Å²) in [7, 11) is -4.09. The molecule has 6 nitrogen and oxygen atoms in total. The van der Waals surface area contributed by atoms with E-state index in [1.54, 1.807) is 6.92 Å². The number of halogens is 3. The first kappa shape index (κ1) is 18.6. The molecule has 0 aliphatic carbocycles. The number of hydrogen-bond donors (Lipinski definition) is 1. The van der Waals surface area contributed by atoms with E-state index in [1.165, 1.54) is 0 Å². The summed E-state index contributed by atoms with van der Waals surface area (Å²) >= 11 is 0. The molecule has 10 heteroatoms. The Kier molecular flexibility index (Phi) is 7.34. The monoisotopic (exact) mass is 333 g/mol. The van der Waals surface area contributed by atoms with Gasteiger partial charge in [-0.3, -0.25) is 0 Å². The average molecular weight is 333 g/mol. The van der Waals surface area contributed by atoms with Crippen LogP contribution >= 0.6 is 0 Å². The van der Waals surface area contributed by atoms with Gasteiger partial charge in [-0.25, -0.2) is 0 Å². The van der Waals surface area contributed by atoms with Crippen molar-refractivity contribution in [1.82, 2.24) is 13.9 Å². The molecule has 1 heterocycles. The quantitative estimate of drug-likeness (QED) is 0.654. The topological polar surface area (TPSA) is 61.9 Å². The Morgan fingerprint density at radius 3 is 2.43 bits per heavy atom. The van der Waals surface area contributed by atoms with Gasteiger partial charge in [0.25, 0.3) is 10.2 Å². The fraction of sp³-hybridized carbons (Fsp3) is 1.00. The number of rotatable bonds is 8. The van der Waals surface area contributed by atoms with Crippen molar-refractivity contribution in [3.63, 3.8) is 0 Å². The predicted molar refractivity (Wildman–Crippen MR) is 72.1 cm³/mol. The maximum atomic E-state index is 12.6. The van der Waals surface area contributed by atoms with Gasteiger partial charge in [0.15, 0.2) is 0 Å². The summed E-state index contributed by atoms with van der Waals surface area (Å²) in [6, 6.07) is 0. The smallest absolute Gasteiger partial charge is 0.382 e. The second-order valence-electron chi connectivity index (χ2n) is 4.66. The number of nitrogens with zero attached hydrogens (tertiary/aromatic N) is 2. The standard InChI is InChI=1S/C11H22F3N3O3S/c1-2-20-9-3-6-17(10-11(12,13)14)21(18,19)16-7-4-15-5-8-16/h15H,2-10H2,1H3. The molecule has 1 rings (SSSR count). The van der Waals surface area contributed by atoms with Crippen molar-refractivity contribution >= 4 is 10.2 Å². The fourth-order valence-corrected chi connectivity index (χ4v) is 3.64. The van der Waals surface area contributed by atoms with Gasteiger partial charge in [-0.05, 0) is 13.3 Å². The average Bonchev–Trinajstić information content (AvgIpc) is 2.42. The third kappa shape index (κ3) is 6.47. The van der Waals surface area contributed by atoms with Crippen molar-refractivity contribution in [1.29, 1.82) is 0 Å². The molecule has 0 aromatic heterocycles. The highest BCUT2D eigenvalue weighted by atomic mass is 32.2. The Labute approximate surface area is 123 Å². The van der Waals surface area contributed by atoms with E-state index in [0.29, 0.717) is 24.0 Å². The van der Waals surface area contributed by atoms with Gasteiger partial charge >= 0.3 is 6.18 Å². The molecule has 0 unspecified atom stereocenters. The molecule has 126 valence electrons. The highest BCUT2D eigenvalue weighted by molar-refractivity contribution is 7.86. The first-order valence-electron chi connectivity index (χ1n) is 6.88. The van der Waals surface area contributed by atoms with Crippen LogP contribution in [0.1, 0.15) is 13.3 Å². The summed E-state index contributed by atoms with van der Waals surface area (Å²) in [5, 5.41) is 2.97. The van der Waals surface area contributed by atoms with Crippen LogP contribution in [0.15, 0.2) is 0 Å². The molecule has 0 amide bonds. The van der Waals surface area contributed by atoms with Crippen LogP contribution < -0.4 is 5.32 Å². The minimum absolute atomic E-state index is 0.183. The number of nitrogens with one attached hydrogen (secondary N) is 1. The van der Waals surface area contributed by atoms with Crippen molar-refractivity contribution in [2.75, 3.05) is 52.5 Å². The molecular weight excluding hydrogens is 311 g/mol. The normalized spacial score (nSPS) is 18.3. The Morgan fingerprint density at radius 1 is 1.29 bits per heavy atom. The van der Waals surface area contributed by atoms with Crippen LogP contribution in [0.3, 0.4) is 0 Å². The van der Waals surface area contributed by atoms with E-state index in [-0.39, 0.29) is 32.7 Å². The second-order valence-corrected chi connectivity index (χ2v) is 6.58. The number of ether oxygens (including phenoxy) is 1. The van der Waals surface area contributed by atoms with Crippen LogP contribution in [0.4, 0.5) is 13.2 Å². The number of alkyl halides is 3. The zero-order chi connectivity index (χ0) is 15.9. The highest BCUT2D eigenvalue weighted by Crippen LogP contribution is 2.20. The van der Waals surface area contributed by atoms with Gasteiger partial charge in [0, 0.05) is 45.9 Å². The lowest BCUT2D eigenvalue weighted by Crippen LogP contribution is -2.53. The minimum Gasteiger partial charge on any atom is -0.382 e. The second kappa shape index (κ2) is 8.28. The van der Waals surface area contributed by atoms with E-state index in [2.05, 4.69) is 5.32 Å². The van der Waals surface area contributed by atoms with Crippen LogP contribution in [0, 0.1) is 0 Å². The molecule has 0 radical (unpaired) electrons. The summed E-state index contributed by atoms with van der Waals surface area (Å²) in [5.74, 6) is 0. The predicted octanol–water partition coefficient (Wildman–Crippen LogP) is 0.427. The molecule has 1 saturated heterocycles. The fourth-order valence-electron chi connectivity index (χ4n) is 2.00. The number of hydrogen-bond acceptors (Lipinski definition) is 4. The molecule has 0 spiro atoms. The van der Waals surface area contributed by atoms with E-state index >= 15 is 0 Å². The van der Waals surface area contributed by atoms with Gasteiger partial charge in [-0.15, -0.1) is 0 Å². The lowest BCUT2D eigenvalue weighted by atomic mass is 10.4. The van der Waals surface area contributed by atoms with Gasteiger partial charge < -0.3 is 10.1 Å². The lowest BCUT2D eigenvalue weighted by Gasteiger charge is -2.32. The van der Waals surface area contributed by atoms with E-state index in [4.69, 9.17) is 4.74 Å². The molecule has 1 fully saturated rings. The first-order valence-corrected chi connectivity index (χ1v) is 8.27. The lowest BCUT2D eigenvalue weighted by molar-refractivity contribution is -0.136. The summed E-state index contributed by atoms with van der Waals surface area (Å²) in [4.78, 5) is 0. The highest BCUT2D eigenvalue weighted by Gasteiger charge is 2.38. The van der Waals surface area contributed by atoms with Crippen LogP contribution in [0.5, 0.6) is 0 Å². The summed E-state index contributed by atoms with van der Waals surface area (Å²) in [6.07, 6.45) is -4.33. The third-order valence-electron chi connectivity index (χ3n) is 2.98. The van der Waals surface area contributed by atoms with Crippen molar-refractivity contribution in [2.45, 2.75) is 19.5 Å². The maximum Gasteiger partial charge on any atom is 0.402 e. The largest absolute Gasteiger partial charge is 0.402 e. The molecule has 0 aromatic carbocycles. The summed E-state index contributed by atoms with van der Waals surface area (Å²) in [5.41, 5.74) is 0. The Bertz CT molecular complexity index is 397. The zero-order valence-electron chi connectivity index (χ0n) is 12.0. The van der Waals surface area contributed by atoms with E-state index in [9.17, 15) is 21.6 Å². The molecule has 21 heavy (non-hydrogen) atoms. The minimum atomic E-state index is -4.56. The van der Waals surface area contributed by atoms with E-state index < -0.39 is 22.9 Å². The maximum absolute atomic E-state index is 12.6. The van der Waals surface area contributed by atoms with Crippen molar-refractivity contribution in [3.05, 3.63) is 0 Å². The van der Waals surface area contributed by atoms with Gasteiger partial charge in [-0.2, -0.15) is 30.2 Å². The van der Waals surface area contributed by atoms with Gasteiger partial charge in [0.1, 0.15) is 6.54 Å². The van der Waals surface area contributed by atoms with Crippen molar-refractivity contribution in [3.8, 4) is 0 Å². The SMILES string of the molecule is CCOCCCN(CC(F)(F)F)S(=O)(=O)N1CCNCC1. The van der Waals surface area contributed by atoms with Gasteiger partial charge in [-0.1, -0.05) is 0 Å². The summed E-state index contributed by atoms with van der Waals surface area (Å²) in [6.45, 7) is 2.04. The number of piperazine rings is 1. The third-order valence-corrected chi connectivity index (χ3v) is 4.97. The zero-order valence-corrected chi connectivity index (χ0v) is 12.8. The van der Waals surface area contributed by atoms with Crippen LogP contribution in [-0.2, 0) is 14.9 Å². The van der Waals surface area contributed by atoms with Crippen LogP contribution in [0.25, 0.3) is 0 Å². The molecular formula is C11H22F3N3O3S. The first-order chi connectivity index (χ1) is 9.77. The molecule has 1 aliphatic rings. The Balaban J connectivity index is 2.72. The van der Waals surface area contributed by atoms with Crippen molar-refractivity contribution in [2.24, 2.45) is 0 Å². The molecule has 0 atom stereocenters. The van der Waals surface area contributed by atoms with E-state index in [0.717, 1.165) is 4.31 Å². The molecule has 0 aromatic rings. The van der Waals surface area contributed by atoms with Crippen molar-refractivity contribution < 1.29 is 26.3 Å². The van der Waals surface area contributed by atoms with Crippen LogP contribution in [-0.4, -0.2) is 75.7 Å².